The molecule has 0 unspecified atom stereocenters. The Morgan fingerprint density at radius 3 is 2.40 bits per heavy atom. The zero-order valence-corrected chi connectivity index (χ0v) is 17.1. The van der Waals surface area contributed by atoms with Crippen LogP contribution in [0.3, 0.4) is 0 Å². The smallest absolute Gasteiger partial charge is 0.253 e. The maximum Gasteiger partial charge on any atom is 0.253 e. The number of carbonyl (C=O) groups is 2. The molecule has 0 spiro atoms. The monoisotopic (exact) mass is 413 g/mol. The Morgan fingerprint density at radius 1 is 1.07 bits per heavy atom. The van der Waals surface area contributed by atoms with Gasteiger partial charge in [0.2, 0.25) is 5.91 Å². The van der Waals surface area contributed by atoms with Crippen molar-refractivity contribution in [2.24, 2.45) is 5.92 Å². The Kier molecular flexibility index (Phi) is 6.47. The van der Waals surface area contributed by atoms with E-state index in [1.54, 1.807) is 11.2 Å². The van der Waals surface area contributed by atoms with Gasteiger partial charge in [-0.05, 0) is 55.2 Å². The van der Waals surface area contributed by atoms with Crippen LogP contribution in [-0.2, 0) is 11.3 Å². The fourth-order valence-corrected chi connectivity index (χ4v) is 4.62. The third kappa shape index (κ3) is 4.73. The standard InChI is InChI=1S/C23H28FN3O3/c24-19-9-7-18(8-10-19)23(29)27-13-11-26(12-14-27)21(17-4-1-2-5-17)22(28)25-16-20-6-3-15-30-20/h3,6-10,15,17,21H,1-2,4-5,11-14,16H2,(H,25,28)/t21-/m0/s1. The first-order valence-corrected chi connectivity index (χ1v) is 10.7. The number of carbonyl (C=O) groups excluding carboxylic acids is 2. The quantitative estimate of drug-likeness (QED) is 0.791. The predicted octanol–water partition coefficient (Wildman–Crippen LogP) is 3.05. The molecular formula is C23H28FN3O3. The minimum Gasteiger partial charge on any atom is -0.467 e. The van der Waals surface area contributed by atoms with Gasteiger partial charge in [-0.25, -0.2) is 4.39 Å². The molecule has 1 aliphatic carbocycles. The van der Waals surface area contributed by atoms with Crippen LogP contribution in [0.1, 0.15) is 41.8 Å². The maximum absolute atomic E-state index is 13.1. The zero-order chi connectivity index (χ0) is 20.9. The van der Waals surface area contributed by atoms with E-state index in [-0.39, 0.29) is 23.7 Å². The highest BCUT2D eigenvalue weighted by molar-refractivity contribution is 5.94. The highest BCUT2D eigenvalue weighted by Crippen LogP contribution is 2.31. The van der Waals surface area contributed by atoms with E-state index in [1.165, 1.54) is 24.3 Å². The van der Waals surface area contributed by atoms with Gasteiger partial charge in [0, 0.05) is 31.7 Å². The summed E-state index contributed by atoms with van der Waals surface area (Å²) in [4.78, 5) is 29.8. The average Bonchev–Trinajstić information content (AvgIpc) is 3.48. The fourth-order valence-electron chi connectivity index (χ4n) is 4.62. The first-order chi connectivity index (χ1) is 14.6. The molecule has 2 amide bonds. The van der Waals surface area contributed by atoms with Crippen molar-refractivity contribution in [3.63, 3.8) is 0 Å². The Hall–Kier alpha value is -2.67. The molecule has 1 N–H and O–H groups in total. The minimum atomic E-state index is -0.351. The number of nitrogens with one attached hydrogen (secondary N) is 1. The summed E-state index contributed by atoms with van der Waals surface area (Å²) in [7, 11) is 0. The van der Waals surface area contributed by atoms with Gasteiger partial charge in [-0.3, -0.25) is 14.5 Å². The van der Waals surface area contributed by atoms with Crippen molar-refractivity contribution < 1.29 is 18.4 Å². The Labute approximate surface area is 176 Å². The number of hydrogen-bond donors (Lipinski definition) is 1. The zero-order valence-electron chi connectivity index (χ0n) is 17.1. The maximum atomic E-state index is 13.1. The van der Waals surface area contributed by atoms with Crippen LogP contribution in [0.2, 0.25) is 0 Å². The van der Waals surface area contributed by atoms with Gasteiger partial charge in [0.1, 0.15) is 11.6 Å². The molecule has 2 aromatic rings. The van der Waals surface area contributed by atoms with Gasteiger partial charge >= 0.3 is 0 Å². The highest BCUT2D eigenvalue weighted by Gasteiger charge is 2.37. The summed E-state index contributed by atoms with van der Waals surface area (Å²) in [6.45, 7) is 2.82. The van der Waals surface area contributed by atoms with E-state index in [0.717, 1.165) is 31.4 Å². The summed E-state index contributed by atoms with van der Waals surface area (Å²) >= 11 is 0. The van der Waals surface area contributed by atoms with Gasteiger partial charge in [-0.2, -0.15) is 0 Å². The fraction of sp³-hybridized carbons (Fsp3) is 0.478. The summed E-state index contributed by atoms with van der Waals surface area (Å²) in [5.41, 5.74) is 0.494. The number of piperazine rings is 1. The van der Waals surface area contributed by atoms with Crippen LogP contribution >= 0.6 is 0 Å². The van der Waals surface area contributed by atoms with Crippen LogP contribution < -0.4 is 5.32 Å². The van der Waals surface area contributed by atoms with Gasteiger partial charge in [-0.15, -0.1) is 0 Å². The molecule has 2 fully saturated rings. The van der Waals surface area contributed by atoms with Crippen LogP contribution in [0, 0.1) is 11.7 Å². The molecule has 2 heterocycles. The van der Waals surface area contributed by atoms with E-state index in [4.69, 9.17) is 4.42 Å². The largest absolute Gasteiger partial charge is 0.467 e. The van der Waals surface area contributed by atoms with Gasteiger partial charge in [-0.1, -0.05) is 12.8 Å². The molecule has 1 saturated carbocycles. The second-order valence-electron chi connectivity index (χ2n) is 8.12. The van der Waals surface area contributed by atoms with Crippen molar-refractivity contribution in [2.45, 2.75) is 38.3 Å². The van der Waals surface area contributed by atoms with Gasteiger partial charge < -0.3 is 14.6 Å². The molecule has 1 atom stereocenters. The lowest BCUT2D eigenvalue weighted by Gasteiger charge is -2.40. The molecular weight excluding hydrogens is 385 g/mol. The van der Waals surface area contributed by atoms with Crippen molar-refractivity contribution in [3.05, 3.63) is 59.8 Å². The van der Waals surface area contributed by atoms with Crippen molar-refractivity contribution in [1.82, 2.24) is 15.1 Å². The molecule has 0 radical (unpaired) electrons. The second kappa shape index (κ2) is 9.43. The minimum absolute atomic E-state index is 0.0385. The number of furan rings is 1. The predicted molar refractivity (Wildman–Crippen MR) is 110 cm³/mol. The van der Waals surface area contributed by atoms with E-state index in [1.807, 2.05) is 12.1 Å². The molecule has 1 aliphatic heterocycles. The van der Waals surface area contributed by atoms with Crippen LogP contribution in [-0.4, -0.2) is 53.8 Å². The summed E-state index contributed by atoms with van der Waals surface area (Å²) in [6.07, 6.45) is 6.06. The number of halogens is 1. The first-order valence-electron chi connectivity index (χ1n) is 10.7. The Bertz CT molecular complexity index is 839. The SMILES string of the molecule is O=C(NCc1ccco1)[C@H](C1CCCC1)N1CCN(C(=O)c2ccc(F)cc2)CC1. The number of rotatable bonds is 6. The average molecular weight is 413 g/mol. The molecule has 1 saturated heterocycles. The van der Waals surface area contributed by atoms with Crippen molar-refractivity contribution in [2.75, 3.05) is 26.2 Å². The van der Waals surface area contributed by atoms with Crippen molar-refractivity contribution in [1.29, 1.82) is 0 Å². The molecule has 4 rings (SSSR count). The summed E-state index contributed by atoms with van der Waals surface area (Å²) in [5, 5.41) is 3.03. The highest BCUT2D eigenvalue weighted by atomic mass is 19.1. The normalized spacial score (nSPS) is 19.0. The third-order valence-corrected chi connectivity index (χ3v) is 6.22. The summed E-state index contributed by atoms with van der Waals surface area (Å²) < 4.78 is 18.5. The van der Waals surface area contributed by atoms with E-state index < -0.39 is 0 Å². The molecule has 30 heavy (non-hydrogen) atoms. The molecule has 7 heteroatoms. The molecule has 2 aliphatic rings. The number of amides is 2. The summed E-state index contributed by atoms with van der Waals surface area (Å²) in [5.74, 6) is 0.687. The van der Waals surface area contributed by atoms with Gasteiger partial charge in [0.15, 0.2) is 0 Å². The number of nitrogens with zero attached hydrogens (tertiary/aromatic N) is 2. The van der Waals surface area contributed by atoms with Crippen molar-refractivity contribution in [3.8, 4) is 0 Å². The van der Waals surface area contributed by atoms with E-state index in [9.17, 15) is 14.0 Å². The molecule has 0 bridgehead atoms. The molecule has 6 nitrogen and oxygen atoms in total. The van der Waals surface area contributed by atoms with Crippen LogP contribution in [0.4, 0.5) is 4.39 Å². The summed E-state index contributed by atoms with van der Waals surface area (Å²) in [6, 6.07) is 9.15. The molecule has 1 aromatic heterocycles. The first kappa shape index (κ1) is 20.6. The lowest BCUT2D eigenvalue weighted by molar-refractivity contribution is -0.129. The third-order valence-electron chi connectivity index (χ3n) is 6.22. The van der Waals surface area contributed by atoms with Gasteiger partial charge in [0.25, 0.3) is 5.91 Å². The number of benzene rings is 1. The molecule has 1 aromatic carbocycles. The lowest BCUT2D eigenvalue weighted by atomic mass is 9.95. The van der Waals surface area contributed by atoms with E-state index >= 15 is 0 Å². The Morgan fingerprint density at radius 2 is 1.77 bits per heavy atom. The van der Waals surface area contributed by atoms with Gasteiger partial charge in [0.05, 0.1) is 18.8 Å². The molecule has 160 valence electrons. The van der Waals surface area contributed by atoms with Crippen LogP contribution in [0.15, 0.2) is 47.1 Å². The van der Waals surface area contributed by atoms with Crippen LogP contribution in [0.25, 0.3) is 0 Å². The van der Waals surface area contributed by atoms with Crippen molar-refractivity contribution >= 4 is 11.8 Å². The topological polar surface area (TPSA) is 65.8 Å². The lowest BCUT2D eigenvalue weighted by Crippen LogP contribution is -2.57. The van der Waals surface area contributed by atoms with Crippen LogP contribution in [0.5, 0.6) is 0 Å². The van der Waals surface area contributed by atoms with E-state index in [0.29, 0.717) is 44.2 Å². The Balaban J connectivity index is 1.38. The second-order valence-corrected chi connectivity index (χ2v) is 8.12. The van der Waals surface area contributed by atoms with E-state index in [2.05, 4.69) is 10.2 Å². The number of hydrogen-bond acceptors (Lipinski definition) is 4.